The molecular weight excluding hydrogens is 408 g/mol. The molecule has 0 heterocycles. The average Bonchev–Trinajstić information content (AvgIpc) is 2.79. The summed E-state index contributed by atoms with van der Waals surface area (Å²) >= 11 is 0. The van der Waals surface area contributed by atoms with Crippen LogP contribution in [-0.2, 0) is 19.3 Å². The highest BCUT2D eigenvalue weighted by Gasteiger charge is 2.00. The maximum Gasteiger partial charge on any atom is -0.0219 e. The van der Waals surface area contributed by atoms with E-state index in [2.05, 4.69) is 140 Å². The molecule has 0 aliphatic carbocycles. The van der Waals surface area contributed by atoms with Crippen LogP contribution in [0.5, 0.6) is 0 Å². The first-order valence-corrected chi connectivity index (χ1v) is 13.3. The highest BCUT2D eigenvalue weighted by Crippen LogP contribution is 2.16. The lowest BCUT2D eigenvalue weighted by Crippen LogP contribution is -1.94. The second-order valence-corrected chi connectivity index (χ2v) is 11.0. The minimum atomic E-state index is 0.646. The summed E-state index contributed by atoms with van der Waals surface area (Å²) in [5.41, 5.74) is 5.80. The predicted molar refractivity (Wildman–Crippen MR) is 154 cm³/mol. The molecule has 0 nitrogen and oxygen atoms in total. The Morgan fingerprint density at radius 1 is 0.441 bits per heavy atom. The molecule has 3 rings (SSSR count). The minimum Gasteiger partial charge on any atom is -0.0628 e. The fraction of sp³-hybridized carbons (Fsp3) is 0.471. The van der Waals surface area contributed by atoms with E-state index >= 15 is 0 Å². The van der Waals surface area contributed by atoms with Gasteiger partial charge in [-0.1, -0.05) is 140 Å². The molecule has 0 atom stereocenters. The Hall–Kier alpha value is -2.34. The SMILES string of the molecule is CC(C)CCc1ccccc1.CC(C)Cc1ccc(C(C)C)cc1.CC(C)Cc1ccccc1. The molecular formula is C34H50. The van der Waals surface area contributed by atoms with Crippen molar-refractivity contribution in [2.24, 2.45) is 17.8 Å². The van der Waals surface area contributed by atoms with Crippen LogP contribution in [0.4, 0.5) is 0 Å². The lowest BCUT2D eigenvalue weighted by molar-refractivity contribution is 0.587. The zero-order valence-corrected chi connectivity index (χ0v) is 23.2. The monoisotopic (exact) mass is 458 g/mol. The van der Waals surface area contributed by atoms with Gasteiger partial charge in [-0.15, -0.1) is 0 Å². The standard InChI is InChI=1S/C13H20.C11H16.C10H14/c1-10(2)9-12-5-7-13(8-6-12)11(3)4;1-10(2)8-9-11-6-4-3-5-7-11;1-9(2)8-10-6-4-3-5-7-10/h5-8,10-11H,9H2,1-4H3;3-7,10H,8-9H2,1-2H3;3-7,9H,8H2,1-2H3. The van der Waals surface area contributed by atoms with Crippen LogP contribution in [0.25, 0.3) is 0 Å². The third-order valence-corrected chi connectivity index (χ3v) is 5.63. The van der Waals surface area contributed by atoms with Crippen LogP contribution >= 0.6 is 0 Å². The van der Waals surface area contributed by atoms with Crippen molar-refractivity contribution in [1.82, 2.24) is 0 Å². The second-order valence-electron chi connectivity index (χ2n) is 11.0. The van der Waals surface area contributed by atoms with E-state index in [1.807, 2.05) is 0 Å². The van der Waals surface area contributed by atoms with Crippen molar-refractivity contribution in [3.8, 4) is 0 Å². The molecule has 0 saturated carbocycles. The van der Waals surface area contributed by atoms with Gasteiger partial charge < -0.3 is 0 Å². The molecule has 0 heteroatoms. The largest absolute Gasteiger partial charge is 0.0628 e. The zero-order chi connectivity index (χ0) is 25.3. The Morgan fingerprint density at radius 3 is 1.24 bits per heavy atom. The van der Waals surface area contributed by atoms with Gasteiger partial charge in [-0.3, -0.25) is 0 Å². The van der Waals surface area contributed by atoms with Crippen LogP contribution in [0.3, 0.4) is 0 Å². The molecule has 0 aromatic heterocycles. The van der Waals surface area contributed by atoms with Crippen LogP contribution < -0.4 is 0 Å². The van der Waals surface area contributed by atoms with Gasteiger partial charge in [-0.25, -0.2) is 0 Å². The van der Waals surface area contributed by atoms with Crippen LogP contribution in [0.2, 0.25) is 0 Å². The Bertz CT molecular complexity index is 840. The molecule has 0 saturated heterocycles. The minimum absolute atomic E-state index is 0.646. The number of aryl methyl sites for hydroxylation is 1. The second kappa shape index (κ2) is 17.1. The van der Waals surface area contributed by atoms with Crippen molar-refractivity contribution in [3.63, 3.8) is 0 Å². The van der Waals surface area contributed by atoms with Crippen LogP contribution in [0.1, 0.15) is 90.0 Å². The summed E-state index contributed by atoms with van der Waals surface area (Å²) in [7, 11) is 0. The number of hydrogen-bond donors (Lipinski definition) is 0. The smallest absolute Gasteiger partial charge is 0.0219 e. The topological polar surface area (TPSA) is 0 Å². The van der Waals surface area contributed by atoms with Crippen molar-refractivity contribution < 1.29 is 0 Å². The van der Waals surface area contributed by atoms with E-state index in [1.165, 1.54) is 47.9 Å². The van der Waals surface area contributed by atoms with Crippen molar-refractivity contribution in [3.05, 3.63) is 107 Å². The van der Waals surface area contributed by atoms with Crippen molar-refractivity contribution in [2.75, 3.05) is 0 Å². The van der Waals surface area contributed by atoms with Gasteiger partial charge in [0, 0.05) is 0 Å². The lowest BCUT2D eigenvalue weighted by Gasteiger charge is -2.08. The van der Waals surface area contributed by atoms with E-state index in [9.17, 15) is 0 Å². The molecule has 0 amide bonds. The number of hydrogen-bond acceptors (Lipinski definition) is 0. The first-order valence-electron chi connectivity index (χ1n) is 13.3. The number of benzene rings is 3. The molecule has 0 radical (unpaired) electrons. The molecule has 34 heavy (non-hydrogen) atoms. The molecule has 186 valence electrons. The van der Waals surface area contributed by atoms with Gasteiger partial charge in [0.25, 0.3) is 0 Å². The summed E-state index contributed by atoms with van der Waals surface area (Å²) in [6.07, 6.45) is 4.90. The van der Waals surface area contributed by atoms with Crippen molar-refractivity contribution in [1.29, 1.82) is 0 Å². The maximum absolute atomic E-state index is 2.27. The molecule has 3 aromatic rings. The maximum atomic E-state index is 2.27. The van der Waals surface area contributed by atoms with E-state index in [0.29, 0.717) is 5.92 Å². The van der Waals surface area contributed by atoms with Crippen LogP contribution in [-0.4, -0.2) is 0 Å². The van der Waals surface area contributed by atoms with E-state index < -0.39 is 0 Å². The number of rotatable bonds is 8. The Labute approximate surface area is 211 Å². The predicted octanol–water partition coefficient (Wildman–Crippen LogP) is 10.2. The molecule has 0 bridgehead atoms. The van der Waals surface area contributed by atoms with Gasteiger partial charge >= 0.3 is 0 Å². The third-order valence-electron chi connectivity index (χ3n) is 5.63. The Morgan fingerprint density at radius 2 is 0.853 bits per heavy atom. The molecule has 0 unspecified atom stereocenters. The first kappa shape index (κ1) is 29.7. The summed E-state index contributed by atoms with van der Waals surface area (Å²) in [6.45, 7) is 18.0. The van der Waals surface area contributed by atoms with Crippen molar-refractivity contribution >= 4 is 0 Å². The fourth-order valence-corrected chi connectivity index (χ4v) is 3.70. The van der Waals surface area contributed by atoms with E-state index in [-0.39, 0.29) is 0 Å². The van der Waals surface area contributed by atoms with Gasteiger partial charge in [0.15, 0.2) is 0 Å². The van der Waals surface area contributed by atoms with E-state index in [0.717, 1.165) is 17.8 Å². The quantitative estimate of drug-likeness (QED) is 0.315. The van der Waals surface area contributed by atoms with Crippen molar-refractivity contribution in [2.45, 2.75) is 87.0 Å². The normalized spacial score (nSPS) is 10.7. The molecule has 0 fully saturated rings. The molecule has 0 spiro atoms. The summed E-state index contributed by atoms with van der Waals surface area (Å²) < 4.78 is 0. The summed E-state index contributed by atoms with van der Waals surface area (Å²) in [6, 6.07) is 30.3. The molecule has 0 N–H and O–H groups in total. The molecule has 0 aliphatic heterocycles. The van der Waals surface area contributed by atoms with Crippen LogP contribution in [0, 0.1) is 17.8 Å². The highest BCUT2D eigenvalue weighted by atomic mass is 14.1. The lowest BCUT2D eigenvalue weighted by atomic mass is 9.98. The van der Waals surface area contributed by atoms with Gasteiger partial charge in [-0.2, -0.15) is 0 Å². The van der Waals surface area contributed by atoms with E-state index in [4.69, 9.17) is 0 Å². The van der Waals surface area contributed by atoms with Gasteiger partial charge in [0.1, 0.15) is 0 Å². The average molecular weight is 459 g/mol. The van der Waals surface area contributed by atoms with Gasteiger partial charge in [0.2, 0.25) is 0 Å². The molecule has 3 aromatic carbocycles. The van der Waals surface area contributed by atoms with E-state index in [1.54, 1.807) is 0 Å². The summed E-state index contributed by atoms with van der Waals surface area (Å²) in [5, 5.41) is 0. The summed E-state index contributed by atoms with van der Waals surface area (Å²) in [5.74, 6) is 2.98. The zero-order valence-electron chi connectivity index (χ0n) is 23.2. The summed E-state index contributed by atoms with van der Waals surface area (Å²) in [4.78, 5) is 0. The Kier molecular flexibility index (Phi) is 15.0. The van der Waals surface area contributed by atoms with Gasteiger partial charge in [0.05, 0.1) is 0 Å². The highest BCUT2D eigenvalue weighted by molar-refractivity contribution is 5.24. The Balaban J connectivity index is 0.000000257. The molecule has 0 aliphatic rings. The first-order chi connectivity index (χ1) is 16.2. The van der Waals surface area contributed by atoms with Crippen LogP contribution in [0.15, 0.2) is 84.9 Å². The van der Waals surface area contributed by atoms with Gasteiger partial charge in [-0.05, 0) is 71.6 Å². The fourth-order valence-electron chi connectivity index (χ4n) is 3.70. The third kappa shape index (κ3) is 14.7.